The molecule has 4 rings (SSSR count). The van der Waals surface area contributed by atoms with E-state index in [2.05, 4.69) is 6.92 Å². The van der Waals surface area contributed by atoms with Crippen LogP contribution in [0.15, 0.2) is 77.6 Å². The summed E-state index contributed by atoms with van der Waals surface area (Å²) < 4.78 is 1.53. The van der Waals surface area contributed by atoms with Crippen LogP contribution in [-0.2, 0) is 0 Å². The molecule has 1 aromatic heterocycles. The number of hydrogen-bond acceptors (Lipinski definition) is 3. The Morgan fingerprint density at radius 2 is 1.60 bits per heavy atom. The van der Waals surface area contributed by atoms with Crippen molar-refractivity contribution in [2.45, 2.75) is 39.2 Å². The molecule has 1 amide bonds. The van der Waals surface area contributed by atoms with Crippen molar-refractivity contribution in [1.82, 2.24) is 14.5 Å². The van der Waals surface area contributed by atoms with Crippen molar-refractivity contribution >= 4 is 40.0 Å². The normalized spacial score (nSPS) is 12.0. The van der Waals surface area contributed by atoms with Gasteiger partial charge in [0.25, 0.3) is 11.5 Å². The van der Waals surface area contributed by atoms with Crippen LogP contribution in [0.2, 0.25) is 10.0 Å². The van der Waals surface area contributed by atoms with Gasteiger partial charge in [0.05, 0.1) is 38.2 Å². The molecule has 0 saturated heterocycles. The molecule has 7 heteroatoms. The summed E-state index contributed by atoms with van der Waals surface area (Å²) in [4.78, 5) is 34.1. The summed E-state index contributed by atoms with van der Waals surface area (Å²) in [6, 6.07) is 20.9. The monoisotopic (exact) mass is 507 g/mol. The van der Waals surface area contributed by atoms with Crippen LogP contribution >= 0.6 is 23.2 Å². The maximum Gasteiger partial charge on any atom is 0.266 e. The molecule has 180 valence electrons. The van der Waals surface area contributed by atoms with E-state index in [0.717, 1.165) is 19.3 Å². The Balaban J connectivity index is 1.91. The summed E-state index contributed by atoms with van der Waals surface area (Å²) in [5.41, 5.74) is 1.29. The van der Waals surface area contributed by atoms with Crippen molar-refractivity contribution in [1.29, 1.82) is 0 Å². The van der Waals surface area contributed by atoms with Crippen molar-refractivity contribution in [3.63, 3.8) is 0 Å². The first-order chi connectivity index (χ1) is 16.9. The quantitative estimate of drug-likeness (QED) is 0.239. The number of halogens is 2. The van der Waals surface area contributed by atoms with E-state index in [1.54, 1.807) is 53.4 Å². The van der Waals surface area contributed by atoms with Gasteiger partial charge in [-0.3, -0.25) is 14.2 Å². The highest BCUT2D eigenvalue weighted by molar-refractivity contribution is 6.33. The van der Waals surface area contributed by atoms with Gasteiger partial charge in [-0.2, -0.15) is 0 Å². The first-order valence-electron chi connectivity index (χ1n) is 11.8. The van der Waals surface area contributed by atoms with Crippen LogP contribution in [0.3, 0.4) is 0 Å². The lowest BCUT2D eigenvalue weighted by Gasteiger charge is -2.31. The van der Waals surface area contributed by atoms with Gasteiger partial charge in [-0.15, -0.1) is 0 Å². The van der Waals surface area contributed by atoms with Gasteiger partial charge in [0.15, 0.2) is 0 Å². The molecule has 0 saturated carbocycles. The lowest BCUT2D eigenvalue weighted by atomic mass is 10.1. The van der Waals surface area contributed by atoms with Gasteiger partial charge in [0, 0.05) is 6.54 Å². The Morgan fingerprint density at radius 1 is 0.943 bits per heavy atom. The lowest BCUT2D eigenvalue weighted by Crippen LogP contribution is -2.38. The number of carbonyl (C=O) groups is 1. The molecule has 0 fully saturated rings. The summed E-state index contributed by atoms with van der Waals surface area (Å²) in [6.07, 6.45) is 2.81. The maximum atomic E-state index is 13.7. The van der Waals surface area contributed by atoms with Crippen LogP contribution in [0.1, 0.15) is 55.3 Å². The number of fused-ring (bicyclic) bond motifs is 1. The number of hydrogen-bond donors (Lipinski definition) is 0. The van der Waals surface area contributed by atoms with Crippen molar-refractivity contribution in [2.24, 2.45) is 0 Å². The molecule has 0 bridgehead atoms. The molecule has 1 atom stereocenters. The van der Waals surface area contributed by atoms with Crippen molar-refractivity contribution in [2.75, 3.05) is 6.54 Å². The van der Waals surface area contributed by atoms with E-state index in [0.29, 0.717) is 44.6 Å². The Hall–Kier alpha value is -3.15. The van der Waals surface area contributed by atoms with Gasteiger partial charge < -0.3 is 4.90 Å². The fourth-order valence-corrected chi connectivity index (χ4v) is 4.66. The average Bonchev–Trinajstić information content (AvgIpc) is 2.87. The van der Waals surface area contributed by atoms with Gasteiger partial charge in [-0.25, -0.2) is 4.98 Å². The van der Waals surface area contributed by atoms with Gasteiger partial charge in [0.1, 0.15) is 5.82 Å². The second-order valence-corrected chi connectivity index (χ2v) is 9.25. The first kappa shape index (κ1) is 25.0. The number of rotatable bonds is 8. The van der Waals surface area contributed by atoms with E-state index >= 15 is 0 Å². The molecule has 3 aromatic carbocycles. The van der Waals surface area contributed by atoms with Crippen LogP contribution in [-0.4, -0.2) is 26.9 Å². The number of aromatic nitrogens is 2. The van der Waals surface area contributed by atoms with E-state index in [1.165, 1.54) is 4.57 Å². The fourth-order valence-electron chi connectivity index (χ4n) is 4.23. The predicted molar refractivity (Wildman–Crippen MR) is 143 cm³/mol. The highest BCUT2D eigenvalue weighted by Crippen LogP contribution is 2.29. The Morgan fingerprint density at radius 3 is 2.31 bits per heavy atom. The summed E-state index contributed by atoms with van der Waals surface area (Å²) in [6.45, 7) is 4.51. The fraction of sp³-hybridized carbons (Fsp3) is 0.250. The number of amides is 1. The summed E-state index contributed by atoms with van der Waals surface area (Å²) in [5.74, 6) is 0.242. The molecule has 0 aliphatic rings. The van der Waals surface area contributed by atoms with Crippen molar-refractivity contribution < 1.29 is 4.79 Å². The third-order valence-electron chi connectivity index (χ3n) is 6.10. The van der Waals surface area contributed by atoms with E-state index in [1.807, 2.05) is 31.2 Å². The van der Waals surface area contributed by atoms with Crippen LogP contribution in [0.25, 0.3) is 16.6 Å². The summed E-state index contributed by atoms with van der Waals surface area (Å²) in [7, 11) is 0. The molecule has 1 heterocycles. The number of carbonyl (C=O) groups excluding carboxylic acids is 1. The van der Waals surface area contributed by atoms with Crippen LogP contribution in [0.5, 0.6) is 0 Å². The SMILES string of the molecule is CCCCCN(C(=O)c1ccccc1Cl)C(C)c1nc2ccccc2c(=O)n1-c1ccccc1Cl. The third kappa shape index (κ3) is 5.12. The smallest absolute Gasteiger partial charge is 0.266 e. The number of unbranched alkanes of at least 4 members (excludes halogenated alkanes) is 2. The molecule has 35 heavy (non-hydrogen) atoms. The van der Waals surface area contributed by atoms with Gasteiger partial charge in [-0.1, -0.05) is 79.4 Å². The van der Waals surface area contributed by atoms with Crippen LogP contribution in [0, 0.1) is 0 Å². The molecule has 0 spiro atoms. The zero-order valence-electron chi connectivity index (χ0n) is 19.7. The second-order valence-electron chi connectivity index (χ2n) is 8.44. The second kappa shape index (κ2) is 11.1. The minimum atomic E-state index is -0.524. The Labute approximate surface area is 214 Å². The molecular formula is C28H27Cl2N3O2. The van der Waals surface area contributed by atoms with Gasteiger partial charge in [0.2, 0.25) is 0 Å². The van der Waals surface area contributed by atoms with E-state index in [9.17, 15) is 9.59 Å². The number of para-hydroxylation sites is 2. The average molecular weight is 508 g/mol. The Bertz CT molecular complexity index is 1420. The lowest BCUT2D eigenvalue weighted by molar-refractivity contribution is 0.0677. The molecule has 1 unspecified atom stereocenters. The van der Waals surface area contributed by atoms with Gasteiger partial charge >= 0.3 is 0 Å². The van der Waals surface area contributed by atoms with E-state index in [4.69, 9.17) is 28.2 Å². The highest BCUT2D eigenvalue weighted by atomic mass is 35.5. The Kier molecular flexibility index (Phi) is 7.89. The van der Waals surface area contributed by atoms with Crippen LogP contribution in [0.4, 0.5) is 0 Å². The van der Waals surface area contributed by atoms with Crippen LogP contribution < -0.4 is 5.56 Å². The number of nitrogens with zero attached hydrogens (tertiary/aromatic N) is 3. The van der Waals surface area contributed by atoms with Crippen molar-refractivity contribution in [3.8, 4) is 5.69 Å². The third-order valence-corrected chi connectivity index (χ3v) is 6.75. The molecule has 5 nitrogen and oxygen atoms in total. The zero-order chi connectivity index (χ0) is 24.9. The minimum absolute atomic E-state index is 0.202. The van der Waals surface area contributed by atoms with E-state index in [-0.39, 0.29) is 11.5 Å². The summed E-state index contributed by atoms with van der Waals surface area (Å²) in [5, 5.41) is 1.30. The molecule has 0 N–H and O–H groups in total. The molecule has 4 aromatic rings. The topological polar surface area (TPSA) is 55.2 Å². The molecule has 0 aliphatic heterocycles. The largest absolute Gasteiger partial charge is 0.329 e. The summed E-state index contributed by atoms with van der Waals surface area (Å²) >= 11 is 12.9. The maximum absolute atomic E-state index is 13.7. The van der Waals surface area contributed by atoms with Gasteiger partial charge in [-0.05, 0) is 49.7 Å². The molecule has 0 aliphatic carbocycles. The molecular weight excluding hydrogens is 481 g/mol. The minimum Gasteiger partial charge on any atom is -0.329 e. The van der Waals surface area contributed by atoms with Crippen molar-refractivity contribution in [3.05, 3.63) is 105 Å². The highest BCUT2D eigenvalue weighted by Gasteiger charge is 2.28. The standard InChI is InChI=1S/C28H27Cl2N3O2/c1-3-4-11-18-32(27(34)20-12-5-7-14-22(20)29)19(2)26-31-24-16-9-6-13-21(24)28(35)33(26)25-17-10-8-15-23(25)30/h5-10,12-17,19H,3-4,11,18H2,1-2H3. The van der Waals surface area contributed by atoms with E-state index < -0.39 is 6.04 Å². The first-order valence-corrected chi connectivity index (χ1v) is 12.5. The molecule has 0 radical (unpaired) electrons. The predicted octanol–water partition coefficient (Wildman–Crippen LogP) is 7.09. The number of benzene rings is 3. The zero-order valence-corrected chi connectivity index (χ0v) is 21.3.